The average molecular weight is 584 g/mol. The lowest BCUT2D eigenvalue weighted by Gasteiger charge is -2.32. The van der Waals surface area contributed by atoms with Gasteiger partial charge in [-0.15, -0.1) is 11.8 Å². The fourth-order valence-corrected chi connectivity index (χ4v) is 6.41. The summed E-state index contributed by atoms with van der Waals surface area (Å²) in [6, 6.07) is 21.3. The molecule has 4 nitrogen and oxygen atoms in total. The molecule has 0 radical (unpaired) electrons. The molecule has 0 bridgehead atoms. The highest BCUT2D eigenvalue weighted by molar-refractivity contribution is 7.99. The van der Waals surface area contributed by atoms with Crippen molar-refractivity contribution in [3.05, 3.63) is 105 Å². The van der Waals surface area contributed by atoms with Gasteiger partial charge in [-0.1, -0.05) is 102 Å². The Morgan fingerprint density at radius 1 is 0.897 bits per heavy atom. The molecule has 1 unspecified atom stereocenters. The number of amides is 2. The van der Waals surface area contributed by atoms with Crippen LogP contribution in [0.15, 0.2) is 66.7 Å². The SMILES string of the molecule is Cc1cc(C)cc(CSCC(=O)N(Cc2ccc(Cl)c(Cl)c2)C(Cc2ccccc2)C(=O)NC2CCCC2)c1. The van der Waals surface area contributed by atoms with Crippen molar-refractivity contribution >= 4 is 46.8 Å². The van der Waals surface area contributed by atoms with Crippen molar-refractivity contribution < 1.29 is 9.59 Å². The third-order valence-corrected chi connectivity index (χ3v) is 8.81. The molecule has 4 rings (SSSR count). The fourth-order valence-electron chi connectivity index (χ4n) is 5.25. The Morgan fingerprint density at radius 2 is 1.59 bits per heavy atom. The van der Waals surface area contributed by atoms with Crippen LogP contribution in [0.3, 0.4) is 0 Å². The van der Waals surface area contributed by atoms with Crippen LogP contribution in [0.25, 0.3) is 0 Å². The van der Waals surface area contributed by atoms with Gasteiger partial charge >= 0.3 is 0 Å². The lowest BCUT2D eigenvalue weighted by atomic mass is 10.0. The Bertz CT molecular complexity index is 1260. The molecule has 0 aliphatic heterocycles. The Balaban J connectivity index is 1.58. The molecule has 0 spiro atoms. The molecule has 39 heavy (non-hydrogen) atoms. The molecule has 2 amide bonds. The molecule has 0 heterocycles. The van der Waals surface area contributed by atoms with Crippen LogP contribution in [-0.2, 0) is 28.3 Å². The van der Waals surface area contributed by atoms with Crippen LogP contribution >= 0.6 is 35.0 Å². The van der Waals surface area contributed by atoms with Crippen molar-refractivity contribution in [3.8, 4) is 0 Å². The second kappa shape index (κ2) is 14.2. The van der Waals surface area contributed by atoms with Gasteiger partial charge in [0.2, 0.25) is 11.8 Å². The van der Waals surface area contributed by atoms with Gasteiger partial charge < -0.3 is 10.2 Å². The monoisotopic (exact) mass is 582 g/mol. The Hall–Kier alpha value is -2.47. The summed E-state index contributed by atoms with van der Waals surface area (Å²) >= 11 is 14.1. The molecule has 1 saturated carbocycles. The second-order valence-corrected chi connectivity index (χ2v) is 12.3. The van der Waals surface area contributed by atoms with E-state index in [1.807, 2.05) is 36.4 Å². The number of hydrogen-bond donors (Lipinski definition) is 1. The van der Waals surface area contributed by atoms with Crippen LogP contribution in [0.4, 0.5) is 0 Å². The molecule has 0 saturated heterocycles. The molecular formula is C32H36Cl2N2O2S. The van der Waals surface area contributed by atoms with E-state index in [-0.39, 0.29) is 30.2 Å². The van der Waals surface area contributed by atoms with Crippen LogP contribution in [0, 0.1) is 13.8 Å². The zero-order chi connectivity index (χ0) is 27.8. The third kappa shape index (κ3) is 8.76. The topological polar surface area (TPSA) is 49.4 Å². The van der Waals surface area contributed by atoms with E-state index in [4.69, 9.17) is 23.2 Å². The van der Waals surface area contributed by atoms with E-state index in [2.05, 4.69) is 37.4 Å². The molecule has 3 aromatic carbocycles. The fraction of sp³-hybridized carbons (Fsp3) is 0.375. The van der Waals surface area contributed by atoms with Gasteiger partial charge in [0.25, 0.3) is 0 Å². The predicted molar refractivity (Wildman–Crippen MR) is 163 cm³/mol. The number of halogens is 2. The van der Waals surface area contributed by atoms with E-state index >= 15 is 0 Å². The number of rotatable bonds is 11. The first-order valence-electron chi connectivity index (χ1n) is 13.5. The summed E-state index contributed by atoms with van der Waals surface area (Å²) in [5.74, 6) is 0.833. The third-order valence-electron chi connectivity index (χ3n) is 7.09. The van der Waals surface area contributed by atoms with Crippen molar-refractivity contribution in [1.29, 1.82) is 0 Å². The van der Waals surface area contributed by atoms with Gasteiger partial charge in [0, 0.05) is 24.8 Å². The van der Waals surface area contributed by atoms with Crippen molar-refractivity contribution in [2.75, 3.05) is 5.75 Å². The maximum absolute atomic E-state index is 13.9. The normalized spacial score (nSPS) is 14.3. The standard InChI is InChI=1S/C32H36Cl2N2O2S/c1-22-14-23(2)16-26(15-22)20-39-21-31(37)36(19-25-12-13-28(33)29(34)17-25)30(18-24-8-4-3-5-9-24)32(38)35-27-10-6-7-11-27/h3-5,8-9,12-17,27,30H,6-7,10-11,18-21H2,1-2H3,(H,35,38). The summed E-state index contributed by atoms with van der Waals surface area (Å²) < 4.78 is 0. The second-order valence-electron chi connectivity index (χ2n) is 10.5. The maximum Gasteiger partial charge on any atom is 0.243 e. The summed E-state index contributed by atoms with van der Waals surface area (Å²) in [7, 11) is 0. The zero-order valence-corrected chi connectivity index (χ0v) is 24.9. The van der Waals surface area contributed by atoms with E-state index in [0.29, 0.717) is 16.5 Å². The number of carbonyl (C=O) groups is 2. The molecule has 1 aliphatic rings. The van der Waals surface area contributed by atoms with Gasteiger partial charge in [0.05, 0.1) is 15.8 Å². The highest BCUT2D eigenvalue weighted by Crippen LogP contribution is 2.26. The van der Waals surface area contributed by atoms with Crippen molar-refractivity contribution in [3.63, 3.8) is 0 Å². The van der Waals surface area contributed by atoms with Gasteiger partial charge in [-0.25, -0.2) is 0 Å². The Labute approximate surface area is 246 Å². The smallest absolute Gasteiger partial charge is 0.243 e. The summed E-state index contributed by atoms with van der Waals surface area (Å²) in [5, 5.41) is 4.14. The highest BCUT2D eigenvalue weighted by atomic mass is 35.5. The maximum atomic E-state index is 13.9. The predicted octanol–water partition coefficient (Wildman–Crippen LogP) is 7.54. The lowest BCUT2D eigenvalue weighted by Crippen LogP contribution is -2.52. The summed E-state index contributed by atoms with van der Waals surface area (Å²) in [4.78, 5) is 29.4. The first kappa shape index (κ1) is 29.5. The van der Waals surface area contributed by atoms with E-state index in [1.54, 1.807) is 28.8 Å². The van der Waals surface area contributed by atoms with Crippen LogP contribution in [-0.4, -0.2) is 34.6 Å². The first-order valence-corrected chi connectivity index (χ1v) is 15.4. The van der Waals surface area contributed by atoms with Gasteiger partial charge in [-0.2, -0.15) is 0 Å². The molecule has 1 N–H and O–H groups in total. The number of aryl methyl sites for hydroxylation is 2. The van der Waals surface area contributed by atoms with Crippen LogP contribution < -0.4 is 5.32 Å². The zero-order valence-electron chi connectivity index (χ0n) is 22.6. The number of hydrogen-bond acceptors (Lipinski definition) is 3. The quantitative estimate of drug-likeness (QED) is 0.254. The Kier molecular flexibility index (Phi) is 10.8. The van der Waals surface area contributed by atoms with E-state index in [9.17, 15) is 9.59 Å². The minimum absolute atomic E-state index is 0.0713. The number of carbonyl (C=O) groups excluding carboxylic acids is 2. The van der Waals surface area contributed by atoms with Crippen LogP contribution in [0.1, 0.15) is 53.5 Å². The number of thioether (sulfide) groups is 1. The average Bonchev–Trinajstić information content (AvgIpc) is 3.41. The molecule has 0 aromatic heterocycles. The van der Waals surface area contributed by atoms with Crippen molar-refractivity contribution in [2.45, 2.75) is 70.3 Å². The van der Waals surface area contributed by atoms with E-state index < -0.39 is 6.04 Å². The van der Waals surface area contributed by atoms with E-state index in [1.165, 1.54) is 16.7 Å². The van der Waals surface area contributed by atoms with Gasteiger partial charge in [-0.05, 0) is 55.5 Å². The molecule has 1 aliphatic carbocycles. The minimum Gasteiger partial charge on any atom is -0.352 e. The largest absolute Gasteiger partial charge is 0.352 e. The Morgan fingerprint density at radius 3 is 2.26 bits per heavy atom. The van der Waals surface area contributed by atoms with Gasteiger partial charge in [0.15, 0.2) is 0 Å². The van der Waals surface area contributed by atoms with Crippen LogP contribution in [0.2, 0.25) is 10.0 Å². The highest BCUT2D eigenvalue weighted by Gasteiger charge is 2.32. The first-order chi connectivity index (χ1) is 18.8. The molecule has 206 valence electrons. The van der Waals surface area contributed by atoms with Gasteiger partial charge in [0.1, 0.15) is 6.04 Å². The summed E-state index contributed by atoms with van der Waals surface area (Å²) in [6.07, 6.45) is 4.64. The van der Waals surface area contributed by atoms with Crippen LogP contribution in [0.5, 0.6) is 0 Å². The van der Waals surface area contributed by atoms with Gasteiger partial charge in [-0.3, -0.25) is 9.59 Å². The number of nitrogens with one attached hydrogen (secondary N) is 1. The summed E-state index contributed by atoms with van der Waals surface area (Å²) in [5.41, 5.74) is 5.47. The molecule has 1 fully saturated rings. The minimum atomic E-state index is -0.642. The molecule has 1 atom stereocenters. The number of benzene rings is 3. The molecule has 7 heteroatoms. The lowest BCUT2D eigenvalue weighted by molar-refractivity contribution is -0.139. The molecule has 3 aromatic rings. The van der Waals surface area contributed by atoms with Crippen molar-refractivity contribution in [2.24, 2.45) is 0 Å². The van der Waals surface area contributed by atoms with Crippen molar-refractivity contribution in [1.82, 2.24) is 10.2 Å². The molecular weight excluding hydrogens is 547 g/mol. The number of nitrogens with zero attached hydrogens (tertiary/aromatic N) is 1. The summed E-state index contributed by atoms with van der Waals surface area (Å²) in [6.45, 7) is 4.44. The van der Waals surface area contributed by atoms with E-state index in [0.717, 1.165) is 42.6 Å².